The van der Waals surface area contributed by atoms with E-state index in [2.05, 4.69) is 10.6 Å². The molecule has 0 aliphatic carbocycles. The standard InChI is InChI=1S/C16H26N2O2/c1-4-10-18-16(19)9-11-17-12-14-5-7-15(8-6-14)20-13(2)3/h5-8,13,17H,4,9-12H2,1-3H3,(H,18,19). The molecule has 20 heavy (non-hydrogen) atoms. The van der Waals surface area contributed by atoms with Gasteiger partial charge in [0.05, 0.1) is 6.10 Å². The van der Waals surface area contributed by atoms with Crippen molar-refractivity contribution in [3.8, 4) is 5.75 Å². The van der Waals surface area contributed by atoms with Crippen molar-refractivity contribution in [1.82, 2.24) is 10.6 Å². The second kappa shape index (κ2) is 9.37. The Hall–Kier alpha value is -1.55. The lowest BCUT2D eigenvalue weighted by molar-refractivity contribution is -0.120. The van der Waals surface area contributed by atoms with Crippen LogP contribution in [0.1, 0.15) is 39.2 Å². The second-order valence-electron chi connectivity index (χ2n) is 5.09. The summed E-state index contributed by atoms with van der Waals surface area (Å²) in [5.41, 5.74) is 1.19. The van der Waals surface area contributed by atoms with Crippen LogP contribution < -0.4 is 15.4 Å². The van der Waals surface area contributed by atoms with Crippen molar-refractivity contribution in [2.24, 2.45) is 0 Å². The Bertz CT molecular complexity index is 388. The molecule has 1 rings (SSSR count). The molecule has 0 aromatic heterocycles. The summed E-state index contributed by atoms with van der Waals surface area (Å²) in [5.74, 6) is 1.00. The van der Waals surface area contributed by atoms with Crippen LogP contribution in [-0.4, -0.2) is 25.1 Å². The smallest absolute Gasteiger partial charge is 0.221 e. The van der Waals surface area contributed by atoms with Gasteiger partial charge in [0.1, 0.15) is 5.75 Å². The lowest BCUT2D eigenvalue weighted by atomic mass is 10.2. The van der Waals surface area contributed by atoms with Gasteiger partial charge in [-0.3, -0.25) is 4.79 Å². The van der Waals surface area contributed by atoms with Crippen LogP contribution in [0.2, 0.25) is 0 Å². The third kappa shape index (κ3) is 7.14. The van der Waals surface area contributed by atoms with Crippen LogP contribution in [0.4, 0.5) is 0 Å². The fourth-order valence-corrected chi connectivity index (χ4v) is 1.75. The second-order valence-corrected chi connectivity index (χ2v) is 5.09. The number of nitrogens with one attached hydrogen (secondary N) is 2. The Balaban J connectivity index is 2.20. The molecule has 0 bridgehead atoms. The lowest BCUT2D eigenvalue weighted by Crippen LogP contribution is -2.28. The molecule has 2 N–H and O–H groups in total. The Morgan fingerprint density at radius 3 is 2.50 bits per heavy atom. The summed E-state index contributed by atoms with van der Waals surface area (Å²) in [5, 5.41) is 6.13. The summed E-state index contributed by atoms with van der Waals surface area (Å²) in [6.45, 7) is 8.29. The van der Waals surface area contributed by atoms with E-state index in [1.54, 1.807) is 0 Å². The van der Waals surface area contributed by atoms with Gasteiger partial charge in [0.2, 0.25) is 5.91 Å². The van der Waals surface area contributed by atoms with Crippen molar-refractivity contribution in [2.75, 3.05) is 13.1 Å². The van der Waals surface area contributed by atoms with Crippen LogP contribution in [-0.2, 0) is 11.3 Å². The van der Waals surface area contributed by atoms with Crippen molar-refractivity contribution in [1.29, 1.82) is 0 Å². The van der Waals surface area contributed by atoms with Crippen molar-refractivity contribution in [2.45, 2.75) is 46.3 Å². The number of hydrogen-bond donors (Lipinski definition) is 2. The molecule has 0 saturated carbocycles. The Labute approximate surface area is 121 Å². The van der Waals surface area contributed by atoms with E-state index in [9.17, 15) is 4.79 Å². The maximum atomic E-state index is 11.4. The number of amides is 1. The molecule has 1 aromatic rings. The van der Waals surface area contributed by atoms with Gasteiger partial charge in [-0.15, -0.1) is 0 Å². The van der Waals surface area contributed by atoms with Crippen LogP contribution in [0.15, 0.2) is 24.3 Å². The molecule has 0 radical (unpaired) electrons. The highest BCUT2D eigenvalue weighted by Crippen LogP contribution is 2.13. The summed E-state index contributed by atoms with van der Waals surface area (Å²) in [6, 6.07) is 8.04. The summed E-state index contributed by atoms with van der Waals surface area (Å²) >= 11 is 0. The molecule has 0 unspecified atom stereocenters. The molecule has 4 nitrogen and oxygen atoms in total. The van der Waals surface area contributed by atoms with Gasteiger partial charge in [0, 0.05) is 26.1 Å². The minimum atomic E-state index is 0.111. The molecule has 1 aromatic carbocycles. The van der Waals surface area contributed by atoms with E-state index in [1.807, 2.05) is 45.0 Å². The van der Waals surface area contributed by atoms with Gasteiger partial charge >= 0.3 is 0 Å². The Morgan fingerprint density at radius 2 is 1.90 bits per heavy atom. The fraction of sp³-hybridized carbons (Fsp3) is 0.562. The Kier molecular flexibility index (Phi) is 7.73. The first-order valence-corrected chi connectivity index (χ1v) is 7.34. The molecule has 0 saturated heterocycles. The number of carbonyl (C=O) groups excluding carboxylic acids is 1. The van der Waals surface area contributed by atoms with Gasteiger partial charge in [-0.05, 0) is 38.0 Å². The minimum absolute atomic E-state index is 0.111. The van der Waals surface area contributed by atoms with Crippen LogP contribution >= 0.6 is 0 Å². The van der Waals surface area contributed by atoms with Gasteiger partial charge in [0.25, 0.3) is 0 Å². The van der Waals surface area contributed by atoms with E-state index in [1.165, 1.54) is 5.56 Å². The normalized spacial score (nSPS) is 10.6. The topological polar surface area (TPSA) is 50.4 Å². The summed E-state index contributed by atoms with van der Waals surface area (Å²) in [4.78, 5) is 11.4. The van der Waals surface area contributed by atoms with Gasteiger partial charge in [-0.2, -0.15) is 0 Å². The van der Waals surface area contributed by atoms with Crippen LogP contribution in [0.5, 0.6) is 5.75 Å². The van der Waals surface area contributed by atoms with E-state index in [0.29, 0.717) is 13.0 Å². The number of hydrogen-bond acceptors (Lipinski definition) is 3. The molecule has 0 aliphatic heterocycles. The van der Waals surface area contributed by atoms with Crippen molar-refractivity contribution >= 4 is 5.91 Å². The zero-order valence-corrected chi connectivity index (χ0v) is 12.7. The molecular weight excluding hydrogens is 252 g/mol. The molecule has 0 atom stereocenters. The first kappa shape index (κ1) is 16.5. The van der Waals surface area contributed by atoms with E-state index in [0.717, 1.165) is 25.3 Å². The van der Waals surface area contributed by atoms with E-state index < -0.39 is 0 Å². The number of rotatable bonds is 9. The van der Waals surface area contributed by atoms with E-state index in [-0.39, 0.29) is 12.0 Å². The van der Waals surface area contributed by atoms with Gasteiger partial charge in [-0.25, -0.2) is 0 Å². The molecular formula is C16H26N2O2. The largest absolute Gasteiger partial charge is 0.491 e. The molecule has 0 fully saturated rings. The monoisotopic (exact) mass is 278 g/mol. The molecule has 112 valence electrons. The number of ether oxygens (including phenoxy) is 1. The molecule has 1 amide bonds. The maximum Gasteiger partial charge on any atom is 0.221 e. The highest BCUT2D eigenvalue weighted by molar-refractivity contribution is 5.75. The SMILES string of the molecule is CCCNC(=O)CCNCc1ccc(OC(C)C)cc1. The Morgan fingerprint density at radius 1 is 1.20 bits per heavy atom. The van der Waals surface area contributed by atoms with Crippen molar-refractivity contribution in [3.05, 3.63) is 29.8 Å². The molecule has 0 heterocycles. The highest BCUT2D eigenvalue weighted by atomic mass is 16.5. The van der Waals surface area contributed by atoms with Crippen molar-refractivity contribution < 1.29 is 9.53 Å². The third-order valence-electron chi connectivity index (χ3n) is 2.73. The lowest BCUT2D eigenvalue weighted by Gasteiger charge is -2.10. The average Bonchev–Trinajstić information content (AvgIpc) is 2.42. The van der Waals surface area contributed by atoms with Gasteiger partial charge in [0.15, 0.2) is 0 Å². The van der Waals surface area contributed by atoms with E-state index in [4.69, 9.17) is 4.74 Å². The third-order valence-corrected chi connectivity index (χ3v) is 2.73. The predicted molar refractivity (Wildman–Crippen MR) is 81.8 cm³/mol. The zero-order valence-electron chi connectivity index (χ0n) is 12.7. The van der Waals surface area contributed by atoms with Crippen LogP contribution in [0.25, 0.3) is 0 Å². The summed E-state index contributed by atoms with van der Waals surface area (Å²) in [7, 11) is 0. The van der Waals surface area contributed by atoms with Crippen molar-refractivity contribution in [3.63, 3.8) is 0 Å². The van der Waals surface area contributed by atoms with Gasteiger partial charge in [-0.1, -0.05) is 19.1 Å². The first-order valence-electron chi connectivity index (χ1n) is 7.34. The molecule has 0 spiro atoms. The van der Waals surface area contributed by atoms with Gasteiger partial charge < -0.3 is 15.4 Å². The zero-order chi connectivity index (χ0) is 14.8. The average molecular weight is 278 g/mol. The molecule has 0 aliphatic rings. The first-order chi connectivity index (χ1) is 9.61. The van der Waals surface area contributed by atoms with Crippen LogP contribution in [0.3, 0.4) is 0 Å². The number of carbonyl (C=O) groups is 1. The number of benzene rings is 1. The predicted octanol–water partition coefficient (Wildman–Crippen LogP) is 2.48. The molecule has 4 heteroatoms. The highest BCUT2D eigenvalue weighted by Gasteiger charge is 2.00. The maximum absolute atomic E-state index is 11.4. The quantitative estimate of drug-likeness (QED) is 0.682. The summed E-state index contributed by atoms with van der Waals surface area (Å²) < 4.78 is 5.59. The minimum Gasteiger partial charge on any atom is -0.491 e. The van der Waals surface area contributed by atoms with E-state index >= 15 is 0 Å². The van der Waals surface area contributed by atoms with Crippen LogP contribution in [0, 0.1) is 0 Å². The fourth-order valence-electron chi connectivity index (χ4n) is 1.75. The summed E-state index contributed by atoms with van der Waals surface area (Å²) in [6.07, 6.45) is 1.69.